The van der Waals surface area contributed by atoms with Crippen molar-refractivity contribution in [1.82, 2.24) is 0 Å². The Morgan fingerprint density at radius 2 is 1.50 bits per heavy atom. The molecular weight excluding hydrogens is 468 g/mol. The van der Waals surface area contributed by atoms with Gasteiger partial charge in [0, 0.05) is 23.4 Å². The predicted molar refractivity (Wildman–Crippen MR) is 130 cm³/mol. The summed E-state index contributed by atoms with van der Waals surface area (Å²) >= 11 is 0. The number of rotatable bonds is 5. The Hall–Kier alpha value is -4.27. The number of ether oxygens (including phenoxy) is 6. The number of carbonyl (C=O) groups excluding carboxylic acids is 3. The molecule has 3 aromatic carbocycles. The van der Waals surface area contributed by atoms with Crippen molar-refractivity contribution >= 4 is 28.9 Å². The van der Waals surface area contributed by atoms with Crippen LogP contribution in [0.15, 0.2) is 36.4 Å². The first-order valence-corrected chi connectivity index (χ1v) is 11.1. The zero-order valence-corrected chi connectivity index (χ0v) is 20.8. The minimum Gasteiger partial charge on any atom is -0.493 e. The number of methoxy groups -OCH3 is 2. The predicted octanol–water partition coefficient (Wildman–Crippen LogP) is 5.43. The van der Waals surface area contributed by atoms with Crippen LogP contribution in [0.5, 0.6) is 23.0 Å². The van der Waals surface area contributed by atoms with Gasteiger partial charge >= 0.3 is 18.1 Å². The molecule has 9 heteroatoms. The summed E-state index contributed by atoms with van der Waals surface area (Å²) in [5.74, 6) is 0.311. The van der Waals surface area contributed by atoms with Crippen LogP contribution in [0.1, 0.15) is 43.6 Å². The first kappa shape index (κ1) is 24.8. The zero-order valence-electron chi connectivity index (χ0n) is 20.8. The first-order valence-electron chi connectivity index (χ1n) is 11.1. The lowest BCUT2D eigenvalue weighted by molar-refractivity contribution is -0.131. The molecule has 0 saturated carbocycles. The second-order valence-corrected chi connectivity index (χ2v) is 9.07. The Balaban J connectivity index is 2.01. The molecule has 0 aromatic heterocycles. The summed E-state index contributed by atoms with van der Waals surface area (Å²) in [6, 6.07) is 10.1. The van der Waals surface area contributed by atoms with E-state index in [1.165, 1.54) is 21.1 Å². The first-order chi connectivity index (χ1) is 17.0. The number of esters is 2. The van der Waals surface area contributed by atoms with E-state index < -0.39 is 23.7 Å². The van der Waals surface area contributed by atoms with E-state index in [1.54, 1.807) is 57.2 Å². The highest BCUT2D eigenvalue weighted by Crippen LogP contribution is 2.48. The highest BCUT2D eigenvalue weighted by atomic mass is 16.7. The smallest absolute Gasteiger partial charge is 0.493 e. The minimum atomic E-state index is -0.918. The van der Waals surface area contributed by atoms with Crippen LogP contribution in [-0.2, 0) is 20.9 Å². The Labute approximate surface area is 207 Å². The van der Waals surface area contributed by atoms with Gasteiger partial charge in [0.25, 0.3) is 0 Å². The molecule has 0 unspecified atom stereocenters. The van der Waals surface area contributed by atoms with Gasteiger partial charge in [0.2, 0.25) is 0 Å². The molecule has 0 N–H and O–H groups in total. The van der Waals surface area contributed by atoms with Crippen LogP contribution in [0.3, 0.4) is 0 Å². The fourth-order valence-electron chi connectivity index (χ4n) is 4.03. The molecule has 0 atom stereocenters. The lowest BCUT2D eigenvalue weighted by Crippen LogP contribution is -2.26. The van der Waals surface area contributed by atoms with Crippen molar-refractivity contribution in [3.8, 4) is 34.1 Å². The van der Waals surface area contributed by atoms with Crippen molar-refractivity contribution in [3.05, 3.63) is 47.5 Å². The highest BCUT2D eigenvalue weighted by molar-refractivity contribution is 6.14. The van der Waals surface area contributed by atoms with Crippen molar-refractivity contribution in [2.24, 2.45) is 0 Å². The van der Waals surface area contributed by atoms with E-state index in [0.29, 0.717) is 44.7 Å². The summed E-state index contributed by atoms with van der Waals surface area (Å²) in [5, 5.41) is 1.05. The van der Waals surface area contributed by atoms with Crippen LogP contribution in [0.4, 0.5) is 4.79 Å². The van der Waals surface area contributed by atoms with E-state index in [2.05, 4.69) is 0 Å². The molecule has 36 heavy (non-hydrogen) atoms. The normalized spacial score (nSPS) is 12.6. The van der Waals surface area contributed by atoms with E-state index in [-0.39, 0.29) is 17.9 Å². The Morgan fingerprint density at radius 1 is 0.889 bits per heavy atom. The summed E-state index contributed by atoms with van der Waals surface area (Å²) in [7, 11) is 2.99. The van der Waals surface area contributed by atoms with Gasteiger partial charge < -0.3 is 28.4 Å². The van der Waals surface area contributed by atoms with Crippen LogP contribution in [0, 0.1) is 0 Å². The van der Waals surface area contributed by atoms with Crippen LogP contribution >= 0.6 is 0 Å². The molecule has 0 amide bonds. The fourth-order valence-corrected chi connectivity index (χ4v) is 4.03. The van der Waals surface area contributed by atoms with Crippen LogP contribution in [0.25, 0.3) is 21.9 Å². The van der Waals surface area contributed by atoms with Gasteiger partial charge in [-0.05, 0) is 56.0 Å². The Bertz CT molecular complexity index is 1370. The third kappa shape index (κ3) is 4.77. The van der Waals surface area contributed by atoms with Crippen molar-refractivity contribution in [1.29, 1.82) is 0 Å². The van der Waals surface area contributed by atoms with Gasteiger partial charge in [-0.15, -0.1) is 0 Å². The molecule has 1 aliphatic heterocycles. The molecule has 9 nitrogen and oxygen atoms in total. The molecule has 3 aromatic rings. The maximum Gasteiger partial charge on any atom is 0.514 e. The standard InChI is InChI=1S/C27H26O9/c1-14(28)34-16-9-7-15(8-10-16)22-17-11-20(31-5)21(32-6)12-18(17)24(19-13-33-25(29)23(19)22)35-26(30)36-27(2,3)4/h7-12H,13H2,1-6H3. The Kier molecular flexibility index (Phi) is 6.49. The topological polar surface area (TPSA) is 107 Å². The molecule has 0 spiro atoms. The molecule has 0 radical (unpaired) electrons. The molecule has 188 valence electrons. The summed E-state index contributed by atoms with van der Waals surface area (Å²) in [4.78, 5) is 36.9. The molecular formula is C27H26O9. The molecule has 4 rings (SSSR count). The summed E-state index contributed by atoms with van der Waals surface area (Å²) in [6.07, 6.45) is -0.918. The van der Waals surface area contributed by atoms with Gasteiger partial charge in [-0.1, -0.05) is 12.1 Å². The van der Waals surface area contributed by atoms with Crippen LogP contribution in [-0.4, -0.2) is 37.9 Å². The van der Waals surface area contributed by atoms with Gasteiger partial charge in [0.15, 0.2) is 11.5 Å². The summed E-state index contributed by atoms with van der Waals surface area (Å²) in [6.45, 7) is 6.39. The maximum absolute atomic E-state index is 12.9. The number of hydrogen-bond acceptors (Lipinski definition) is 9. The quantitative estimate of drug-likeness (QED) is 0.261. The van der Waals surface area contributed by atoms with E-state index in [9.17, 15) is 14.4 Å². The van der Waals surface area contributed by atoms with Crippen molar-refractivity contribution in [2.45, 2.75) is 39.9 Å². The van der Waals surface area contributed by atoms with Gasteiger partial charge in [-0.3, -0.25) is 4.79 Å². The van der Waals surface area contributed by atoms with Crippen LogP contribution < -0.4 is 18.9 Å². The van der Waals surface area contributed by atoms with E-state index in [0.717, 1.165) is 0 Å². The molecule has 0 bridgehead atoms. The van der Waals surface area contributed by atoms with E-state index in [4.69, 9.17) is 28.4 Å². The van der Waals surface area contributed by atoms with Gasteiger partial charge in [-0.25, -0.2) is 9.59 Å². The van der Waals surface area contributed by atoms with E-state index in [1.807, 2.05) is 0 Å². The van der Waals surface area contributed by atoms with Gasteiger partial charge in [0.1, 0.15) is 23.7 Å². The third-order valence-electron chi connectivity index (χ3n) is 5.39. The number of carbonyl (C=O) groups is 3. The largest absolute Gasteiger partial charge is 0.514 e. The van der Waals surface area contributed by atoms with Crippen LogP contribution in [0.2, 0.25) is 0 Å². The fraction of sp³-hybridized carbons (Fsp3) is 0.296. The number of fused-ring (bicyclic) bond motifs is 2. The molecule has 1 heterocycles. The second-order valence-electron chi connectivity index (χ2n) is 9.07. The van der Waals surface area contributed by atoms with Gasteiger partial charge in [-0.2, -0.15) is 0 Å². The number of benzene rings is 3. The summed E-state index contributed by atoms with van der Waals surface area (Å²) in [5.41, 5.74) is 1.09. The molecule has 1 aliphatic rings. The minimum absolute atomic E-state index is 0.0882. The third-order valence-corrected chi connectivity index (χ3v) is 5.39. The van der Waals surface area contributed by atoms with Crippen molar-refractivity contribution in [2.75, 3.05) is 14.2 Å². The lowest BCUT2D eigenvalue weighted by atomic mass is 9.89. The maximum atomic E-state index is 12.9. The highest BCUT2D eigenvalue weighted by Gasteiger charge is 2.34. The summed E-state index contributed by atoms with van der Waals surface area (Å²) < 4.78 is 32.5. The second kappa shape index (κ2) is 9.41. The molecule has 0 aliphatic carbocycles. The van der Waals surface area contributed by atoms with Crippen molar-refractivity contribution < 1.29 is 42.8 Å². The number of cyclic esters (lactones) is 1. The molecule has 0 saturated heterocycles. The molecule has 0 fully saturated rings. The average molecular weight is 494 g/mol. The van der Waals surface area contributed by atoms with Crippen molar-refractivity contribution in [3.63, 3.8) is 0 Å². The Morgan fingerprint density at radius 3 is 2.06 bits per heavy atom. The van der Waals surface area contributed by atoms with Gasteiger partial charge in [0.05, 0.1) is 19.8 Å². The monoisotopic (exact) mass is 494 g/mol. The van der Waals surface area contributed by atoms with E-state index >= 15 is 0 Å². The number of hydrogen-bond donors (Lipinski definition) is 0. The lowest BCUT2D eigenvalue weighted by Gasteiger charge is -2.21. The zero-order chi connectivity index (χ0) is 26.2. The average Bonchev–Trinajstić information content (AvgIpc) is 3.18. The SMILES string of the molecule is COc1cc2c(OC(=O)OC(C)(C)C)c3c(c(-c4ccc(OC(C)=O)cc4)c2cc1OC)C(=O)OC3.